The third-order valence-corrected chi connectivity index (χ3v) is 5.54. The summed E-state index contributed by atoms with van der Waals surface area (Å²) >= 11 is 6.07. The molecule has 7 nitrogen and oxygen atoms in total. The van der Waals surface area contributed by atoms with E-state index in [4.69, 9.17) is 11.6 Å². The lowest BCUT2D eigenvalue weighted by Gasteiger charge is -2.33. The van der Waals surface area contributed by atoms with Gasteiger partial charge in [-0.1, -0.05) is 24.4 Å². The molecule has 0 spiro atoms. The number of halogens is 2. The highest BCUT2D eigenvalue weighted by Crippen LogP contribution is 2.31. The monoisotopic (exact) mass is 416 g/mol. The van der Waals surface area contributed by atoms with Gasteiger partial charge in [0.25, 0.3) is 0 Å². The molecule has 0 aliphatic heterocycles. The predicted molar refractivity (Wildman–Crippen MR) is 110 cm³/mol. The molecular weight excluding hydrogens is 395 g/mol. The van der Waals surface area contributed by atoms with Crippen molar-refractivity contribution in [3.8, 4) is 11.4 Å². The Kier molecular flexibility index (Phi) is 5.36. The van der Waals surface area contributed by atoms with E-state index >= 15 is 0 Å². The Bertz CT molecular complexity index is 1050. The van der Waals surface area contributed by atoms with E-state index in [-0.39, 0.29) is 23.7 Å². The largest absolute Gasteiger partial charge is 0.364 e. The summed E-state index contributed by atoms with van der Waals surface area (Å²) in [5.41, 5.74) is 1.33. The van der Waals surface area contributed by atoms with Crippen molar-refractivity contribution in [3.63, 3.8) is 0 Å². The van der Waals surface area contributed by atoms with Crippen LogP contribution >= 0.6 is 11.6 Å². The predicted octanol–water partition coefficient (Wildman–Crippen LogP) is 3.87. The second-order valence-electron chi connectivity index (χ2n) is 7.52. The molecule has 0 aromatic carbocycles. The molecule has 1 fully saturated rings. The zero-order chi connectivity index (χ0) is 20.5. The van der Waals surface area contributed by atoms with Gasteiger partial charge in [0.2, 0.25) is 5.91 Å². The lowest BCUT2D eigenvalue weighted by Crippen LogP contribution is -2.42. The summed E-state index contributed by atoms with van der Waals surface area (Å²) in [6.07, 6.45) is 7.96. The average Bonchev–Trinajstić information content (AvgIpc) is 3.12. The molecule has 1 saturated carbocycles. The van der Waals surface area contributed by atoms with Gasteiger partial charge in [-0.2, -0.15) is 0 Å². The zero-order valence-electron chi connectivity index (χ0n) is 16.2. The molecule has 3 heterocycles. The molecule has 0 unspecified atom stereocenters. The van der Waals surface area contributed by atoms with Crippen LogP contribution in [0.2, 0.25) is 5.02 Å². The zero-order valence-corrected chi connectivity index (χ0v) is 17.0. The van der Waals surface area contributed by atoms with Crippen LogP contribution in [-0.2, 0) is 4.79 Å². The Morgan fingerprint density at radius 3 is 2.86 bits per heavy atom. The molecule has 9 heteroatoms. The van der Waals surface area contributed by atoms with Crippen LogP contribution in [0, 0.1) is 11.7 Å². The fourth-order valence-electron chi connectivity index (χ4n) is 3.87. The van der Waals surface area contributed by atoms with E-state index in [1.54, 1.807) is 37.5 Å². The van der Waals surface area contributed by atoms with Gasteiger partial charge in [0.15, 0.2) is 17.5 Å². The quantitative estimate of drug-likeness (QED) is 0.674. The van der Waals surface area contributed by atoms with Crippen LogP contribution in [-0.4, -0.2) is 50.9 Å². The molecule has 152 valence electrons. The lowest BCUT2D eigenvalue weighted by molar-refractivity contribution is -0.134. The number of nitrogens with one attached hydrogen (secondary N) is 2. The minimum Gasteiger partial charge on any atom is -0.364 e. The molecule has 3 aromatic heterocycles. The molecule has 4 rings (SSSR count). The number of pyridine rings is 1. The third-order valence-electron chi connectivity index (χ3n) is 5.33. The highest BCUT2D eigenvalue weighted by atomic mass is 35.5. The third kappa shape index (κ3) is 3.89. The Morgan fingerprint density at radius 1 is 1.28 bits per heavy atom. The summed E-state index contributed by atoms with van der Waals surface area (Å²) in [6.45, 7) is 0. The van der Waals surface area contributed by atoms with Crippen LogP contribution in [0.5, 0.6) is 0 Å². The van der Waals surface area contributed by atoms with Gasteiger partial charge in [-0.05, 0) is 18.9 Å². The maximum atomic E-state index is 14.5. The number of hydrogen-bond donors (Lipinski definition) is 2. The minimum atomic E-state index is -0.550. The van der Waals surface area contributed by atoms with E-state index in [2.05, 4.69) is 25.3 Å². The number of rotatable bonds is 4. The summed E-state index contributed by atoms with van der Waals surface area (Å²) in [7, 11) is 3.49. The van der Waals surface area contributed by atoms with E-state index in [0.717, 1.165) is 37.3 Å². The Hall–Kier alpha value is -2.74. The maximum Gasteiger partial charge on any atom is 0.227 e. The number of nitrogens with zero attached hydrogens (tertiary/aromatic N) is 4. The van der Waals surface area contributed by atoms with E-state index in [1.807, 2.05) is 0 Å². The first-order valence-electron chi connectivity index (χ1n) is 9.57. The van der Waals surface area contributed by atoms with Crippen molar-refractivity contribution in [1.29, 1.82) is 0 Å². The summed E-state index contributed by atoms with van der Waals surface area (Å²) in [6, 6.07) is 1.60. The smallest absolute Gasteiger partial charge is 0.227 e. The molecule has 1 amide bonds. The van der Waals surface area contributed by atoms with Gasteiger partial charge in [-0.25, -0.2) is 19.3 Å². The van der Waals surface area contributed by atoms with Gasteiger partial charge in [0.1, 0.15) is 5.65 Å². The van der Waals surface area contributed by atoms with E-state index in [9.17, 15) is 9.18 Å². The second kappa shape index (κ2) is 7.94. The van der Waals surface area contributed by atoms with Crippen LogP contribution in [0.3, 0.4) is 0 Å². The van der Waals surface area contributed by atoms with Gasteiger partial charge < -0.3 is 15.2 Å². The molecule has 2 N–H and O–H groups in total. The van der Waals surface area contributed by atoms with Crippen LogP contribution in [0.1, 0.15) is 25.7 Å². The van der Waals surface area contributed by atoms with Gasteiger partial charge in [-0.3, -0.25) is 4.79 Å². The minimum absolute atomic E-state index is 0.0502. The number of H-pyrrole nitrogens is 1. The normalized spacial score (nSPS) is 19.3. The molecule has 0 saturated heterocycles. The van der Waals surface area contributed by atoms with Crippen LogP contribution in [0.15, 0.2) is 24.7 Å². The summed E-state index contributed by atoms with van der Waals surface area (Å²) in [4.78, 5) is 30.0. The summed E-state index contributed by atoms with van der Waals surface area (Å²) < 4.78 is 14.5. The van der Waals surface area contributed by atoms with Crippen molar-refractivity contribution in [2.24, 2.45) is 5.92 Å². The van der Waals surface area contributed by atoms with Crippen molar-refractivity contribution in [3.05, 3.63) is 35.5 Å². The highest BCUT2D eigenvalue weighted by molar-refractivity contribution is 6.31. The molecule has 1 aliphatic rings. The van der Waals surface area contributed by atoms with Crippen molar-refractivity contribution >= 4 is 34.4 Å². The highest BCUT2D eigenvalue weighted by Gasteiger charge is 2.32. The number of fused-ring (bicyclic) bond motifs is 1. The average molecular weight is 417 g/mol. The fraction of sp³-hybridized carbons (Fsp3) is 0.400. The van der Waals surface area contributed by atoms with E-state index in [0.29, 0.717) is 22.1 Å². The SMILES string of the molecule is CN(C)C(=O)[C@H]1CCCC[C@@H]1Nc1nc(-c2c[nH]c3ncc(Cl)cc23)ncc1F. The van der Waals surface area contributed by atoms with Gasteiger partial charge in [0, 0.05) is 43.5 Å². The molecule has 0 bridgehead atoms. The van der Waals surface area contributed by atoms with Gasteiger partial charge >= 0.3 is 0 Å². The molecule has 3 aromatic rings. The van der Waals surface area contributed by atoms with Gasteiger partial charge in [-0.15, -0.1) is 0 Å². The maximum absolute atomic E-state index is 14.5. The van der Waals surface area contributed by atoms with E-state index < -0.39 is 5.82 Å². The van der Waals surface area contributed by atoms with Crippen LogP contribution < -0.4 is 5.32 Å². The second-order valence-corrected chi connectivity index (χ2v) is 7.95. The Morgan fingerprint density at radius 2 is 2.07 bits per heavy atom. The van der Waals surface area contributed by atoms with Crippen LogP contribution in [0.4, 0.5) is 10.2 Å². The first-order valence-corrected chi connectivity index (χ1v) is 9.95. The molecule has 0 radical (unpaired) electrons. The molecule has 1 aliphatic carbocycles. The molecular formula is C20H22ClFN6O. The molecule has 29 heavy (non-hydrogen) atoms. The van der Waals surface area contributed by atoms with Crippen LogP contribution in [0.25, 0.3) is 22.4 Å². The number of aromatic amines is 1. The van der Waals surface area contributed by atoms with Crippen molar-refractivity contribution in [1.82, 2.24) is 24.8 Å². The number of aromatic nitrogens is 4. The number of hydrogen-bond acceptors (Lipinski definition) is 5. The van der Waals surface area contributed by atoms with Crippen molar-refractivity contribution in [2.45, 2.75) is 31.7 Å². The van der Waals surface area contributed by atoms with Gasteiger partial charge in [0.05, 0.1) is 17.1 Å². The number of anilines is 1. The van der Waals surface area contributed by atoms with Crippen molar-refractivity contribution in [2.75, 3.05) is 19.4 Å². The standard InChI is InChI=1S/C20H22ClFN6O/c1-28(2)20(29)12-5-3-4-6-16(12)26-19-15(22)10-25-18(27-19)14-9-24-17-13(14)7-11(21)8-23-17/h7-10,12,16H,3-6H2,1-2H3,(H,23,24)(H,25,26,27)/t12-,16-/m0/s1. The first-order chi connectivity index (χ1) is 13.9. The fourth-order valence-corrected chi connectivity index (χ4v) is 4.03. The van der Waals surface area contributed by atoms with Crippen molar-refractivity contribution < 1.29 is 9.18 Å². The number of carbonyl (C=O) groups is 1. The first kappa shape index (κ1) is 19.6. The Balaban J connectivity index is 1.66. The summed E-state index contributed by atoms with van der Waals surface area (Å²) in [5, 5.41) is 4.42. The topological polar surface area (TPSA) is 86.8 Å². The summed E-state index contributed by atoms with van der Waals surface area (Å²) in [5.74, 6) is -0.244. The lowest BCUT2D eigenvalue weighted by atomic mass is 9.83. The number of carbonyl (C=O) groups excluding carboxylic acids is 1. The Labute approximate surface area is 172 Å². The molecule has 2 atom stereocenters. The number of amides is 1. The van der Waals surface area contributed by atoms with E-state index in [1.165, 1.54) is 0 Å².